The lowest BCUT2D eigenvalue weighted by Crippen LogP contribution is -2.16. The maximum absolute atomic E-state index is 14.1. The Bertz CT molecular complexity index is 981. The minimum absolute atomic E-state index is 0.0333. The number of sulfonamides is 1. The topological polar surface area (TPSA) is 102 Å². The number of halogens is 3. The zero-order valence-corrected chi connectivity index (χ0v) is 14.9. The molecule has 0 saturated heterocycles. The van der Waals surface area contributed by atoms with Crippen molar-refractivity contribution in [2.75, 3.05) is 18.9 Å². The molecule has 2 aromatic carbocycles. The van der Waals surface area contributed by atoms with Crippen LogP contribution in [0.4, 0.5) is 14.5 Å². The van der Waals surface area contributed by atoms with Gasteiger partial charge in [-0.2, -0.15) is 0 Å². The summed E-state index contributed by atoms with van der Waals surface area (Å²) in [6, 6.07) is 3.22. The van der Waals surface area contributed by atoms with Gasteiger partial charge in [0.1, 0.15) is 0 Å². The van der Waals surface area contributed by atoms with Gasteiger partial charge in [-0.25, -0.2) is 22.0 Å². The van der Waals surface area contributed by atoms with Crippen LogP contribution in [0.5, 0.6) is 11.5 Å². The number of benzene rings is 2. The van der Waals surface area contributed by atoms with Gasteiger partial charge in [-0.05, 0) is 12.1 Å². The normalized spacial score (nSPS) is 11.1. The maximum Gasteiger partial charge on any atom is 0.338 e. The first-order chi connectivity index (χ1) is 12.1. The monoisotopic (exact) mass is 407 g/mol. The molecule has 0 aliphatic carbocycles. The zero-order chi connectivity index (χ0) is 19.6. The molecule has 0 atom stereocenters. The first-order valence-electron chi connectivity index (χ1n) is 6.77. The fraction of sp³-hybridized carbons (Fsp3) is 0.133. The number of carboxylic acids is 1. The van der Waals surface area contributed by atoms with Crippen LogP contribution in [-0.2, 0) is 10.0 Å². The first-order valence-corrected chi connectivity index (χ1v) is 8.63. The van der Waals surface area contributed by atoms with E-state index in [2.05, 4.69) is 0 Å². The molecular weight excluding hydrogens is 396 g/mol. The second-order valence-corrected chi connectivity index (χ2v) is 6.95. The Labute approximate surface area is 152 Å². The van der Waals surface area contributed by atoms with E-state index in [4.69, 9.17) is 26.2 Å². The second kappa shape index (κ2) is 7.34. The van der Waals surface area contributed by atoms with Crippen molar-refractivity contribution in [1.29, 1.82) is 0 Å². The first kappa shape index (κ1) is 19.7. The highest BCUT2D eigenvalue weighted by atomic mass is 35.5. The molecule has 7 nitrogen and oxygen atoms in total. The Balaban J connectivity index is 2.52. The lowest BCUT2D eigenvalue weighted by atomic mass is 10.2. The summed E-state index contributed by atoms with van der Waals surface area (Å²) in [6.07, 6.45) is 0. The van der Waals surface area contributed by atoms with Gasteiger partial charge in [0, 0.05) is 12.1 Å². The maximum atomic E-state index is 14.1. The average molecular weight is 408 g/mol. The van der Waals surface area contributed by atoms with Crippen LogP contribution < -0.4 is 14.2 Å². The van der Waals surface area contributed by atoms with E-state index in [9.17, 15) is 22.0 Å². The molecular formula is C15H12ClF2NO6S. The molecule has 11 heteroatoms. The smallest absolute Gasteiger partial charge is 0.338 e. The van der Waals surface area contributed by atoms with Crippen molar-refractivity contribution in [2.45, 2.75) is 4.90 Å². The van der Waals surface area contributed by atoms with Crippen LogP contribution in [0, 0.1) is 11.6 Å². The summed E-state index contributed by atoms with van der Waals surface area (Å²) in [5.74, 6) is -3.88. The van der Waals surface area contributed by atoms with E-state index in [0.717, 1.165) is 12.1 Å². The molecule has 0 unspecified atom stereocenters. The lowest BCUT2D eigenvalue weighted by Gasteiger charge is -2.13. The van der Waals surface area contributed by atoms with Gasteiger partial charge in [-0.15, -0.1) is 0 Å². The van der Waals surface area contributed by atoms with Crippen molar-refractivity contribution in [3.8, 4) is 11.5 Å². The van der Waals surface area contributed by atoms with E-state index in [1.54, 1.807) is 0 Å². The minimum atomic E-state index is -4.48. The van der Waals surface area contributed by atoms with Crippen molar-refractivity contribution in [2.24, 2.45) is 0 Å². The number of ether oxygens (including phenoxy) is 2. The summed E-state index contributed by atoms with van der Waals surface area (Å²) in [7, 11) is -1.93. The van der Waals surface area contributed by atoms with Crippen molar-refractivity contribution in [3.63, 3.8) is 0 Å². The number of anilines is 1. The Kier molecular flexibility index (Phi) is 5.57. The minimum Gasteiger partial charge on any atom is -0.493 e. The highest BCUT2D eigenvalue weighted by molar-refractivity contribution is 7.92. The van der Waals surface area contributed by atoms with Crippen LogP contribution in [0.15, 0.2) is 29.2 Å². The van der Waals surface area contributed by atoms with Crippen LogP contribution in [0.1, 0.15) is 10.4 Å². The third kappa shape index (κ3) is 3.81. The molecule has 0 saturated carbocycles. The Morgan fingerprint density at radius 2 is 1.69 bits per heavy atom. The predicted molar refractivity (Wildman–Crippen MR) is 88.7 cm³/mol. The fourth-order valence-electron chi connectivity index (χ4n) is 2.01. The number of hydrogen-bond acceptors (Lipinski definition) is 5. The lowest BCUT2D eigenvalue weighted by molar-refractivity contribution is 0.0691. The van der Waals surface area contributed by atoms with Crippen molar-refractivity contribution >= 4 is 33.3 Å². The van der Waals surface area contributed by atoms with Crippen LogP contribution in [0.3, 0.4) is 0 Å². The number of aromatic carboxylic acids is 1. The summed E-state index contributed by atoms with van der Waals surface area (Å²) in [4.78, 5) is 10.4. The van der Waals surface area contributed by atoms with Crippen LogP contribution in [0.2, 0.25) is 5.02 Å². The third-order valence-corrected chi connectivity index (χ3v) is 4.88. The predicted octanol–water partition coefficient (Wildman–Crippen LogP) is 3.13. The van der Waals surface area contributed by atoms with E-state index < -0.39 is 48.8 Å². The highest BCUT2D eigenvalue weighted by Gasteiger charge is 2.24. The number of carbonyl (C=O) groups is 1. The zero-order valence-electron chi connectivity index (χ0n) is 13.3. The third-order valence-electron chi connectivity index (χ3n) is 3.26. The molecule has 2 aromatic rings. The average Bonchev–Trinajstić information content (AvgIpc) is 2.57. The van der Waals surface area contributed by atoms with Crippen LogP contribution in [-0.4, -0.2) is 33.7 Å². The van der Waals surface area contributed by atoms with Crippen LogP contribution >= 0.6 is 11.6 Å². The molecule has 0 spiro atoms. The number of nitrogens with one attached hydrogen (secondary N) is 1. The van der Waals surface area contributed by atoms with E-state index in [-0.39, 0.29) is 11.5 Å². The Hall–Kier alpha value is -2.59. The van der Waals surface area contributed by atoms with E-state index in [1.807, 2.05) is 4.72 Å². The quantitative estimate of drug-likeness (QED) is 0.762. The summed E-state index contributed by atoms with van der Waals surface area (Å²) >= 11 is 5.55. The molecule has 0 radical (unpaired) electrons. The summed E-state index contributed by atoms with van der Waals surface area (Å²) in [5, 5.41) is 8.23. The standard InChI is InChI=1S/C15H12ClF2NO6S/c1-24-12-5-10(17)11(6-13(12)25-2)19-26(22,23)7-3-8(15(20)21)14(18)9(16)4-7/h3-6,19H,1-2H3,(H,20,21). The molecule has 0 amide bonds. The number of methoxy groups -OCH3 is 2. The summed E-state index contributed by atoms with van der Waals surface area (Å²) < 4.78 is 64.4. The molecule has 2 rings (SSSR count). The highest BCUT2D eigenvalue weighted by Crippen LogP contribution is 2.34. The molecule has 0 aliphatic heterocycles. The number of rotatable bonds is 6. The van der Waals surface area contributed by atoms with Crippen molar-refractivity contribution in [1.82, 2.24) is 0 Å². The van der Waals surface area contributed by atoms with Gasteiger partial charge in [0.25, 0.3) is 10.0 Å². The SMILES string of the molecule is COc1cc(F)c(NS(=O)(=O)c2cc(Cl)c(F)c(C(=O)O)c2)cc1OC. The number of carboxylic acid groups (broad SMARTS) is 1. The molecule has 140 valence electrons. The molecule has 0 fully saturated rings. The second-order valence-electron chi connectivity index (χ2n) is 4.86. The van der Waals surface area contributed by atoms with Gasteiger partial charge in [0.2, 0.25) is 0 Å². The largest absolute Gasteiger partial charge is 0.493 e. The van der Waals surface area contributed by atoms with Gasteiger partial charge in [-0.3, -0.25) is 4.72 Å². The molecule has 2 N–H and O–H groups in total. The molecule has 0 aliphatic rings. The van der Waals surface area contributed by atoms with E-state index in [1.165, 1.54) is 14.2 Å². The summed E-state index contributed by atoms with van der Waals surface area (Å²) in [5.41, 5.74) is -1.43. The van der Waals surface area contributed by atoms with E-state index in [0.29, 0.717) is 12.1 Å². The number of hydrogen-bond donors (Lipinski definition) is 2. The van der Waals surface area contributed by atoms with Crippen molar-refractivity contribution < 1.29 is 36.6 Å². The fourth-order valence-corrected chi connectivity index (χ4v) is 3.40. The molecule has 0 heterocycles. The molecule has 0 aromatic heterocycles. The van der Waals surface area contributed by atoms with Gasteiger partial charge in [0.15, 0.2) is 23.1 Å². The molecule has 26 heavy (non-hydrogen) atoms. The Morgan fingerprint density at radius 3 is 2.23 bits per heavy atom. The summed E-state index contributed by atoms with van der Waals surface area (Å²) in [6.45, 7) is 0. The van der Waals surface area contributed by atoms with Gasteiger partial charge in [0.05, 0.1) is 35.4 Å². The Morgan fingerprint density at radius 1 is 1.12 bits per heavy atom. The molecule has 0 bridgehead atoms. The van der Waals surface area contributed by atoms with Gasteiger partial charge < -0.3 is 14.6 Å². The van der Waals surface area contributed by atoms with Crippen LogP contribution in [0.25, 0.3) is 0 Å². The van der Waals surface area contributed by atoms with E-state index >= 15 is 0 Å². The van der Waals surface area contributed by atoms with Gasteiger partial charge in [-0.1, -0.05) is 11.6 Å². The van der Waals surface area contributed by atoms with Gasteiger partial charge >= 0.3 is 5.97 Å². The van der Waals surface area contributed by atoms with Crippen molar-refractivity contribution in [3.05, 3.63) is 46.5 Å².